The van der Waals surface area contributed by atoms with Crippen molar-refractivity contribution in [2.75, 3.05) is 13.2 Å². The first kappa shape index (κ1) is 18.6. The fourth-order valence-corrected chi connectivity index (χ4v) is 2.85. The summed E-state index contributed by atoms with van der Waals surface area (Å²) in [4.78, 5) is 23.4. The topological polar surface area (TPSA) is 88.4 Å². The average Bonchev–Trinajstić information content (AvgIpc) is 3.37. The van der Waals surface area contributed by atoms with E-state index in [1.807, 2.05) is 0 Å². The molecule has 1 atom stereocenters. The van der Waals surface area contributed by atoms with Gasteiger partial charge in [0.05, 0.1) is 11.1 Å². The molecule has 1 N–H and O–H groups in total. The molecule has 1 fully saturated rings. The predicted molar refractivity (Wildman–Crippen MR) is 90.5 cm³/mol. The minimum Gasteiger partial charge on any atom is -0.480 e. The van der Waals surface area contributed by atoms with Gasteiger partial charge in [0.2, 0.25) is 0 Å². The van der Waals surface area contributed by atoms with E-state index < -0.39 is 24.0 Å². The molecule has 0 unspecified atom stereocenters. The van der Waals surface area contributed by atoms with E-state index in [0.717, 1.165) is 17.3 Å². The number of benzene rings is 1. The van der Waals surface area contributed by atoms with Gasteiger partial charge in [-0.2, -0.15) is 5.26 Å². The Morgan fingerprint density at radius 3 is 2.75 bits per heavy atom. The van der Waals surface area contributed by atoms with Crippen LogP contribution in [0.5, 0.6) is 5.75 Å². The number of rotatable bonds is 7. The van der Waals surface area contributed by atoms with E-state index in [1.54, 1.807) is 25.1 Å². The van der Waals surface area contributed by atoms with Crippen molar-refractivity contribution >= 4 is 39.4 Å². The monoisotopic (exact) mass is 414 g/mol. The summed E-state index contributed by atoms with van der Waals surface area (Å²) in [5.41, 5.74) is -0.912. The zero-order valence-corrected chi connectivity index (χ0v) is 15.3. The maximum Gasteiger partial charge on any atom is 0.344 e. The highest BCUT2D eigenvalue weighted by molar-refractivity contribution is 9.10. The molecule has 24 heavy (non-hydrogen) atoms. The zero-order chi connectivity index (χ0) is 17.7. The highest BCUT2D eigenvalue weighted by Gasteiger charge is 2.43. The molecule has 1 aliphatic rings. The highest BCUT2D eigenvalue weighted by Crippen LogP contribution is 2.39. The number of nitrogens with zero attached hydrogens (tertiary/aromatic N) is 1. The third kappa shape index (κ3) is 5.11. The van der Waals surface area contributed by atoms with Crippen molar-refractivity contribution in [2.24, 2.45) is 5.92 Å². The lowest BCUT2D eigenvalue weighted by molar-refractivity contribution is -0.150. The van der Waals surface area contributed by atoms with Gasteiger partial charge >= 0.3 is 5.97 Å². The summed E-state index contributed by atoms with van der Waals surface area (Å²) < 4.78 is 10.9. The number of carbonyl (C=O) groups excluding carboxylic acids is 2. The van der Waals surface area contributed by atoms with Crippen LogP contribution in [0.25, 0.3) is 0 Å². The number of hydrogen-bond donors (Lipinski definition) is 1. The average molecular weight is 416 g/mol. The molecular weight excluding hydrogens is 400 g/mol. The lowest BCUT2D eigenvalue weighted by atomic mass is 9.98. The second kappa shape index (κ2) is 7.86. The lowest BCUT2D eigenvalue weighted by Crippen LogP contribution is -2.48. The van der Waals surface area contributed by atoms with E-state index in [9.17, 15) is 9.59 Å². The third-order valence-corrected chi connectivity index (χ3v) is 4.42. The van der Waals surface area contributed by atoms with E-state index in [0.29, 0.717) is 10.8 Å². The van der Waals surface area contributed by atoms with Gasteiger partial charge in [-0.15, -0.1) is 0 Å². The van der Waals surface area contributed by atoms with E-state index in [2.05, 4.69) is 27.3 Å². The summed E-state index contributed by atoms with van der Waals surface area (Å²) in [5, 5.41) is 12.1. The van der Waals surface area contributed by atoms with E-state index in [4.69, 9.17) is 26.3 Å². The molecule has 1 aliphatic carbocycles. The molecule has 0 bridgehead atoms. The Labute approximate surface area is 153 Å². The van der Waals surface area contributed by atoms with Gasteiger partial charge in [0.1, 0.15) is 11.3 Å². The molecule has 0 spiro atoms. The van der Waals surface area contributed by atoms with Crippen molar-refractivity contribution in [3.63, 3.8) is 0 Å². The normalized spacial score (nSPS) is 15.8. The number of esters is 1. The second-order valence-corrected chi connectivity index (χ2v) is 6.98. The van der Waals surface area contributed by atoms with Crippen molar-refractivity contribution < 1.29 is 19.1 Å². The molecule has 0 saturated heterocycles. The van der Waals surface area contributed by atoms with Crippen LogP contribution in [0.3, 0.4) is 0 Å². The Hall–Kier alpha value is -1.78. The van der Waals surface area contributed by atoms with Crippen LogP contribution < -0.4 is 10.1 Å². The summed E-state index contributed by atoms with van der Waals surface area (Å²) in [7, 11) is 0. The molecule has 2 rings (SSSR count). The number of halogens is 2. The van der Waals surface area contributed by atoms with Gasteiger partial charge in [-0.25, -0.2) is 4.79 Å². The Balaban J connectivity index is 1.74. The Morgan fingerprint density at radius 1 is 1.46 bits per heavy atom. The molecule has 0 aliphatic heterocycles. The van der Waals surface area contributed by atoms with Crippen LogP contribution in [0.2, 0.25) is 5.02 Å². The van der Waals surface area contributed by atoms with Gasteiger partial charge in [0.25, 0.3) is 5.91 Å². The molecular formula is C16H16BrClN2O4. The van der Waals surface area contributed by atoms with Crippen molar-refractivity contribution in [1.82, 2.24) is 5.32 Å². The maximum atomic E-state index is 11.8. The summed E-state index contributed by atoms with van der Waals surface area (Å²) >= 11 is 9.23. The zero-order valence-electron chi connectivity index (χ0n) is 13.0. The first-order chi connectivity index (χ1) is 11.3. The van der Waals surface area contributed by atoms with Crippen LogP contribution in [0.4, 0.5) is 0 Å². The number of nitrogens with one attached hydrogen (secondary N) is 1. The SMILES string of the molecule is C[C@@](C#N)(NC(=O)COC(=O)COc1ccc(Br)cc1Cl)C1CC1. The van der Waals surface area contributed by atoms with E-state index >= 15 is 0 Å². The Bertz CT molecular complexity index is 687. The molecule has 1 saturated carbocycles. The summed E-state index contributed by atoms with van der Waals surface area (Å²) in [6.45, 7) is 0.843. The highest BCUT2D eigenvalue weighted by atomic mass is 79.9. The number of carbonyl (C=O) groups is 2. The molecule has 0 radical (unpaired) electrons. The van der Waals surface area contributed by atoms with Crippen LogP contribution in [0, 0.1) is 17.2 Å². The molecule has 1 aromatic rings. The van der Waals surface area contributed by atoms with Crippen LogP contribution >= 0.6 is 27.5 Å². The molecule has 128 valence electrons. The summed E-state index contributed by atoms with van der Waals surface area (Å²) in [6.07, 6.45) is 1.82. The number of ether oxygens (including phenoxy) is 2. The maximum absolute atomic E-state index is 11.8. The van der Waals surface area contributed by atoms with Gasteiger partial charge in [-0.3, -0.25) is 4.79 Å². The first-order valence-electron chi connectivity index (χ1n) is 7.30. The van der Waals surface area contributed by atoms with Crippen molar-refractivity contribution in [3.8, 4) is 11.8 Å². The number of hydrogen-bond acceptors (Lipinski definition) is 5. The van der Waals surface area contributed by atoms with Crippen molar-refractivity contribution in [3.05, 3.63) is 27.7 Å². The molecule has 1 aromatic carbocycles. The van der Waals surface area contributed by atoms with Crippen LogP contribution in [-0.4, -0.2) is 30.6 Å². The molecule has 0 heterocycles. The van der Waals surface area contributed by atoms with E-state index in [-0.39, 0.29) is 12.5 Å². The number of amides is 1. The second-order valence-electron chi connectivity index (χ2n) is 5.66. The fourth-order valence-electron chi connectivity index (χ4n) is 2.12. The van der Waals surface area contributed by atoms with Gasteiger partial charge < -0.3 is 14.8 Å². The molecule has 1 amide bonds. The molecule has 6 nitrogen and oxygen atoms in total. The third-order valence-electron chi connectivity index (χ3n) is 3.63. The standard InChI is InChI=1S/C16H16BrClN2O4/c1-16(9-19,10-2-3-10)20-14(21)7-24-15(22)8-23-13-5-4-11(17)6-12(13)18/h4-6,10H,2-3,7-8H2,1H3,(H,20,21)/t16-/m0/s1. The molecule has 8 heteroatoms. The number of nitriles is 1. The van der Waals surface area contributed by atoms with Crippen molar-refractivity contribution in [1.29, 1.82) is 5.26 Å². The van der Waals surface area contributed by atoms with E-state index in [1.165, 1.54) is 0 Å². The first-order valence-corrected chi connectivity index (χ1v) is 8.47. The lowest BCUT2D eigenvalue weighted by Gasteiger charge is -2.22. The van der Waals surface area contributed by atoms with Crippen LogP contribution in [0.1, 0.15) is 19.8 Å². The summed E-state index contributed by atoms with van der Waals surface area (Å²) in [6, 6.07) is 7.07. The quantitative estimate of drug-likeness (QED) is 0.692. The Kier molecular flexibility index (Phi) is 6.08. The van der Waals surface area contributed by atoms with Crippen LogP contribution in [-0.2, 0) is 14.3 Å². The largest absolute Gasteiger partial charge is 0.480 e. The molecule has 0 aromatic heterocycles. The summed E-state index contributed by atoms with van der Waals surface area (Å²) in [5.74, 6) is -0.715. The predicted octanol–water partition coefficient (Wildman–Crippen LogP) is 2.83. The minimum absolute atomic E-state index is 0.157. The fraction of sp³-hybridized carbons (Fsp3) is 0.438. The van der Waals surface area contributed by atoms with Gasteiger partial charge in [-0.05, 0) is 43.9 Å². The smallest absolute Gasteiger partial charge is 0.344 e. The van der Waals surface area contributed by atoms with Crippen molar-refractivity contribution in [2.45, 2.75) is 25.3 Å². The van der Waals surface area contributed by atoms with Crippen LogP contribution in [0.15, 0.2) is 22.7 Å². The Morgan fingerprint density at radius 2 is 2.17 bits per heavy atom. The van der Waals surface area contributed by atoms with Gasteiger partial charge in [-0.1, -0.05) is 27.5 Å². The van der Waals surface area contributed by atoms with Gasteiger partial charge in [0, 0.05) is 4.47 Å². The van der Waals surface area contributed by atoms with Gasteiger partial charge in [0.15, 0.2) is 13.2 Å². The minimum atomic E-state index is -0.912.